The van der Waals surface area contributed by atoms with Gasteiger partial charge in [0.15, 0.2) is 0 Å². The number of carbonyl (C=O) groups excluding carboxylic acids is 2. The first-order valence-corrected chi connectivity index (χ1v) is 14.8. The van der Waals surface area contributed by atoms with E-state index in [1.165, 1.54) is 70.6 Å². The van der Waals surface area contributed by atoms with Crippen LogP contribution in [0.25, 0.3) is 0 Å². The number of ether oxygens (including phenoxy) is 2. The topological polar surface area (TPSA) is 52.6 Å². The van der Waals surface area contributed by atoms with Gasteiger partial charge >= 0.3 is 11.9 Å². The van der Waals surface area contributed by atoms with Gasteiger partial charge in [-0.1, -0.05) is 124 Å². The fourth-order valence-corrected chi connectivity index (χ4v) is 4.37. The third-order valence-corrected chi connectivity index (χ3v) is 6.76. The van der Waals surface area contributed by atoms with Gasteiger partial charge in [-0.2, -0.15) is 0 Å². The fourth-order valence-electron chi connectivity index (χ4n) is 4.37. The van der Waals surface area contributed by atoms with Crippen molar-refractivity contribution in [2.75, 3.05) is 13.2 Å². The molecule has 1 unspecified atom stereocenters. The molecule has 0 saturated carbocycles. The van der Waals surface area contributed by atoms with Gasteiger partial charge in [-0.25, -0.2) is 0 Å². The monoisotopic (exact) mass is 482 g/mol. The lowest BCUT2D eigenvalue weighted by Crippen LogP contribution is -2.23. The van der Waals surface area contributed by atoms with Gasteiger partial charge in [0.05, 0.1) is 19.1 Å². The first kappa shape index (κ1) is 32.9. The minimum absolute atomic E-state index is 0.0172. The van der Waals surface area contributed by atoms with E-state index in [1.54, 1.807) is 0 Å². The second kappa shape index (κ2) is 25.0. The Labute approximate surface area is 212 Å². The molecule has 4 nitrogen and oxygen atoms in total. The Morgan fingerprint density at radius 1 is 0.559 bits per heavy atom. The van der Waals surface area contributed by atoms with Crippen LogP contribution in [0.2, 0.25) is 0 Å². The molecule has 0 bridgehead atoms. The van der Waals surface area contributed by atoms with Crippen LogP contribution in [-0.4, -0.2) is 25.2 Å². The van der Waals surface area contributed by atoms with Crippen LogP contribution in [-0.2, 0) is 19.1 Å². The second-order valence-corrected chi connectivity index (χ2v) is 10.4. The van der Waals surface area contributed by atoms with Crippen molar-refractivity contribution in [2.24, 2.45) is 11.8 Å². The number of hydrogen-bond acceptors (Lipinski definition) is 4. The van der Waals surface area contributed by atoms with Crippen molar-refractivity contribution < 1.29 is 19.1 Å². The van der Waals surface area contributed by atoms with Gasteiger partial charge in [-0.15, -0.1) is 0 Å². The van der Waals surface area contributed by atoms with E-state index in [9.17, 15) is 9.59 Å². The Balaban J connectivity index is 3.53. The Kier molecular flexibility index (Phi) is 24.3. The van der Waals surface area contributed by atoms with Gasteiger partial charge in [0.1, 0.15) is 0 Å². The predicted molar refractivity (Wildman–Crippen MR) is 144 cm³/mol. The molecule has 0 saturated heterocycles. The van der Waals surface area contributed by atoms with Crippen LogP contribution in [0.15, 0.2) is 0 Å². The zero-order valence-corrected chi connectivity index (χ0v) is 23.3. The van der Waals surface area contributed by atoms with Gasteiger partial charge in [0.25, 0.3) is 0 Å². The summed E-state index contributed by atoms with van der Waals surface area (Å²) in [6.07, 6.45) is 22.8. The molecular formula is C30H58O4. The molecule has 202 valence electrons. The van der Waals surface area contributed by atoms with E-state index in [4.69, 9.17) is 9.47 Å². The highest BCUT2D eigenvalue weighted by Crippen LogP contribution is 2.21. The molecule has 0 heterocycles. The Morgan fingerprint density at radius 2 is 1.00 bits per heavy atom. The standard InChI is InChI=1S/C30H58O4/c1-5-7-9-21-25-33-29(31)24-20-18-16-14-12-11-13-15-17-19-23-28(27(3)4)30(32)34-26-22-10-8-6-2/h27-28H,5-26H2,1-4H3. The zero-order chi connectivity index (χ0) is 25.3. The van der Waals surface area contributed by atoms with Crippen LogP contribution in [0.1, 0.15) is 156 Å². The van der Waals surface area contributed by atoms with E-state index in [-0.39, 0.29) is 17.9 Å². The van der Waals surface area contributed by atoms with Crippen molar-refractivity contribution in [3.8, 4) is 0 Å². The maximum atomic E-state index is 12.4. The molecule has 0 aromatic carbocycles. The molecule has 0 aliphatic carbocycles. The van der Waals surface area contributed by atoms with Crippen molar-refractivity contribution in [3.63, 3.8) is 0 Å². The summed E-state index contributed by atoms with van der Waals surface area (Å²) in [5.74, 6) is 0.420. The molecular weight excluding hydrogens is 424 g/mol. The summed E-state index contributed by atoms with van der Waals surface area (Å²) in [7, 11) is 0. The molecule has 1 atom stereocenters. The zero-order valence-electron chi connectivity index (χ0n) is 23.3. The van der Waals surface area contributed by atoms with Gasteiger partial charge in [-0.3, -0.25) is 9.59 Å². The van der Waals surface area contributed by atoms with Gasteiger partial charge in [0.2, 0.25) is 0 Å². The van der Waals surface area contributed by atoms with Crippen LogP contribution in [0, 0.1) is 11.8 Å². The summed E-state index contributed by atoms with van der Waals surface area (Å²) in [6.45, 7) is 9.85. The van der Waals surface area contributed by atoms with E-state index in [0.29, 0.717) is 25.6 Å². The Hall–Kier alpha value is -1.06. The molecule has 0 aromatic rings. The highest BCUT2D eigenvalue weighted by Gasteiger charge is 2.23. The maximum Gasteiger partial charge on any atom is 0.309 e. The lowest BCUT2D eigenvalue weighted by Gasteiger charge is -2.19. The lowest BCUT2D eigenvalue weighted by molar-refractivity contribution is -0.150. The van der Waals surface area contributed by atoms with Gasteiger partial charge < -0.3 is 9.47 Å². The van der Waals surface area contributed by atoms with Crippen LogP contribution in [0.4, 0.5) is 0 Å². The van der Waals surface area contributed by atoms with Crippen molar-refractivity contribution >= 4 is 11.9 Å². The van der Waals surface area contributed by atoms with Crippen LogP contribution >= 0.6 is 0 Å². The summed E-state index contributed by atoms with van der Waals surface area (Å²) in [5, 5.41) is 0. The number of esters is 2. The van der Waals surface area contributed by atoms with Crippen molar-refractivity contribution in [2.45, 2.75) is 156 Å². The summed E-state index contributed by atoms with van der Waals surface area (Å²) in [6, 6.07) is 0. The maximum absolute atomic E-state index is 12.4. The van der Waals surface area contributed by atoms with Gasteiger partial charge in [0, 0.05) is 6.42 Å². The average molecular weight is 483 g/mol. The number of carbonyl (C=O) groups is 2. The molecule has 0 aliphatic heterocycles. The molecule has 0 fully saturated rings. The summed E-state index contributed by atoms with van der Waals surface area (Å²) in [4.78, 5) is 24.1. The number of rotatable bonds is 25. The third kappa shape index (κ3) is 21.5. The highest BCUT2D eigenvalue weighted by atomic mass is 16.5. The normalized spacial score (nSPS) is 12.1. The Bertz CT molecular complexity index is 461. The molecule has 0 radical (unpaired) electrons. The smallest absolute Gasteiger partial charge is 0.309 e. The van der Waals surface area contributed by atoms with E-state index < -0.39 is 0 Å². The summed E-state index contributed by atoms with van der Waals surface area (Å²) >= 11 is 0. The molecule has 0 N–H and O–H groups in total. The average Bonchev–Trinajstić information content (AvgIpc) is 2.81. The summed E-state index contributed by atoms with van der Waals surface area (Å²) in [5.41, 5.74) is 0. The van der Waals surface area contributed by atoms with Crippen molar-refractivity contribution in [3.05, 3.63) is 0 Å². The number of hydrogen-bond donors (Lipinski definition) is 0. The first-order valence-electron chi connectivity index (χ1n) is 14.8. The molecule has 0 spiro atoms. The van der Waals surface area contributed by atoms with Crippen molar-refractivity contribution in [1.82, 2.24) is 0 Å². The number of unbranched alkanes of at least 4 members (excludes halogenated alkanes) is 15. The molecule has 0 rings (SSSR count). The van der Waals surface area contributed by atoms with Crippen molar-refractivity contribution in [1.29, 1.82) is 0 Å². The van der Waals surface area contributed by atoms with E-state index in [2.05, 4.69) is 27.7 Å². The minimum Gasteiger partial charge on any atom is -0.466 e. The van der Waals surface area contributed by atoms with E-state index in [0.717, 1.165) is 51.4 Å². The van der Waals surface area contributed by atoms with E-state index >= 15 is 0 Å². The fraction of sp³-hybridized carbons (Fsp3) is 0.933. The molecule has 0 aliphatic rings. The lowest BCUT2D eigenvalue weighted by atomic mass is 9.90. The minimum atomic E-state index is -0.0172. The summed E-state index contributed by atoms with van der Waals surface area (Å²) < 4.78 is 10.8. The quantitative estimate of drug-likeness (QED) is 0.0961. The SMILES string of the molecule is CCCCCCOC(=O)CCCCCCCCCCCCC(C(=O)OCCCCCC)C(C)C. The first-order chi connectivity index (χ1) is 16.5. The third-order valence-electron chi connectivity index (χ3n) is 6.76. The highest BCUT2D eigenvalue weighted by molar-refractivity contribution is 5.72. The van der Waals surface area contributed by atoms with Crippen LogP contribution in [0.5, 0.6) is 0 Å². The van der Waals surface area contributed by atoms with Crippen LogP contribution < -0.4 is 0 Å². The molecule has 4 heteroatoms. The molecule has 34 heavy (non-hydrogen) atoms. The molecule has 0 aromatic heterocycles. The van der Waals surface area contributed by atoms with Gasteiger partial charge in [-0.05, 0) is 31.6 Å². The molecule has 0 amide bonds. The van der Waals surface area contributed by atoms with E-state index in [1.807, 2.05) is 0 Å². The predicted octanol–water partition coefficient (Wildman–Crippen LogP) is 9.19. The Morgan fingerprint density at radius 3 is 1.50 bits per heavy atom. The van der Waals surface area contributed by atoms with Crippen LogP contribution in [0.3, 0.4) is 0 Å². The second-order valence-electron chi connectivity index (χ2n) is 10.4. The largest absolute Gasteiger partial charge is 0.466 e.